The Balaban J connectivity index is -0.000000149. The van der Waals surface area contributed by atoms with Gasteiger partial charge in [-0.1, -0.05) is 26.0 Å². The predicted molar refractivity (Wildman–Crippen MR) is 90.8 cm³/mol. The van der Waals surface area contributed by atoms with Gasteiger partial charge in [-0.2, -0.15) is 0 Å². The first kappa shape index (κ1) is 22.3. The maximum atomic E-state index is 10.7. The van der Waals surface area contributed by atoms with Gasteiger partial charge in [0.25, 0.3) is 0 Å². The Kier molecular flexibility index (Phi) is 16.3. The molecule has 0 aliphatic rings. The minimum atomic E-state index is 0. The minimum Gasteiger partial charge on any atom is -0.381 e. The van der Waals surface area contributed by atoms with Gasteiger partial charge >= 0.3 is 0 Å². The van der Waals surface area contributed by atoms with E-state index in [0.29, 0.717) is 12.8 Å². The van der Waals surface area contributed by atoms with Crippen molar-refractivity contribution >= 4 is 11.6 Å². The summed E-state index contributed by atoms with van der Waals surface area (Å²) < 4.78 is 10.1. The molecule has 0 amide bonds. The van der Waals surface area contributed by atoms with Crippen LogP contribution in [0, 0.1) is 0 Å². The number of ether oxygens (including phenoxy) is 2. The highest BCUT2D eigenvalue weighted by atomic mass is 16.5. The Labute approximate surface area is 132 Å². The molecule has 4 heteroatoms. The molecule has 128 valence electrons. The normalized spacial score (nSPS) is 13.4. The second kappa shape index (κ2) is 15.4. The van der Waals surface area contributed by atoms with Gasteiger partial charge in [0.2, 0.25) is 0 Å². The molecule has 0 rings (SSSR count). The molecule has 0 heterocycles. The van der Waals surface area contributed by atoms with Crippen molar-refractivity contribution in [3.63, 3.8) is 0 Å². The van der Waals surface area contributed by atoms with Crippen molar-refractivity contribution in [3.05, 3.63) is 12.2 Å². The highest BCUT2D eigenvalue weighted by molar-refractivity contribution is 5.76. The Bertz CT molecular complexity index is 303. The molecule has 4 nitrogen and oxygen atoms in total. The lowest BCUT2D eigenvalue weighted by molar-refractivity contribution is -0.120. The topological polar surface area (TPSA) is 52.6 Å². The molecule has 2 unspecified atom stereocenters. The molecule has 0 aliphatic carbocycles. The van der Waals surface area contributed by atoms with E-state index in [1.807, 2.05) is 6.92 Å². The van der Waals surface area contributed by atoms with Crippen LogP contribution in [-0.4, -0.2) is 38.0 Å². The van der Waals surface area contributed by atoms with Crippen molar-refractivity contribution in [3.8, 4) is 0 Å². The lowest BCUT2D eigenvalue weighted by Crippen LogP contribution is -2.13. The molecular weight excluding hydrogens is 268 g/mol. The van der Waals surface area contributed by atoms with E-state index in [-0.39, 0.29) is 26.6 Å². The average molecular weight is 304 g/mol. The molecule has 0 bridgehead atoms. The number of allylic oxidation sites excluding steroid dienone is 1. The van der Waals surface area contributed by atoms with Crippen molar-refractivity contribution in [2.75, 3.05) is 14.2 Å². The summed E-state index contributed by atoms with van der Waals surface area (Å²) in [7, 11) is 3.28. The summed E-state index contributed by atoms with van der Waals surface area (Å²) in [5.74, 6) is 0.385. The van der Waals surface area contributed by atoms with E-state index in [1.54, 1.807) is 28.1 Å². The molecule has 0 N–H and O–H groups in total. The predicted octanol–water partition coefficient (Wildman–Crippen LogP) is 4.22. The number of rotatable bonds is 10. The van der Waals surface area contributed by atoms with Gasteiger partial charge in [-0.05, 0) is 33.1 Å². The van der Waals surface area contributed by atoms with Crippen LogP contribution in [0.1, 0.15) is 62.7 Å². The van der Waals surface area contributed by atoms with Gasteiger partial charge in [0.05, 0.1) is 12.2 Å². The van der Waals surface area contributed by atoms with E-state index >= 15 is 0 Å². The summed E-state index contributed by atoms with van der Waals surface area (Å²) in [6, 6.07) is 0. The number of hydrogen-bond acceptors (Lipinski definition) is 4. The Morgan fingerprint density at radius 2 is 1.43 bits per heavy atom. The summed E-state index contributed by atoms with van der Waals surface area (Å²) >= 11 is 0. The van der Waals surface area contributed by atoms with Crippen LogP contribution in [0.25, 0.3) is 0 Å². The molecule has 0 radical (unpaired) electrons. The molecule has 2 atom stereocenters. The molecule has 0 fully saturated rings. The fraction of sp³-hybridized carbons (Fsp3) is 0.765. The number of Topliss-reactive ketones (excluding diaryl/α,β-unsaturated/α-hetero) is 2. The van der Waals surface area contributed by atoms with Gasteiger partial charge in [0.1, 0.15) is 11.6 Å². The van der Waals surface area contributed by atoms with Crippen LogP contribution in [0.15, 0.2) is 12.2 Å². The van der Waals surface area contributed by atoms with Gasteiger partial charge in [0, 0.05) is 29.9 Å². The minimum absolute atomic E-state index is 0. The van der Waals surface area contributed by atoms with Gasteiger partial charge in [-0.15, -0.1) is 0 Å². The summed E-state index contributed by atoms with van der Waals surface area (Å²) in [5.41, 5.74) is 0. The van der Waals surface area contributed by atoms with Crippen molar-refractivity contribution in [1.29, 1.82) is 0 Å². The number of hydrogen-bond donors (Lipinski definition) is 0. The Morgan fingerprint density at radius 3 is 1.71 bits per heavy atom. The van der Waals surface area contributed by atoms with E-state index in [9.17, 15) is 9.59 Å². The van der Waals surface area contributed by atoms with Gasteiger partial charge in [-0.25, -0.2) is 0 Å². The third-order valence-electron chi connectivity index (χ3n) is 2.95. The smallest absolute Gasteiger partial charge is 0.132 e. The fourth-order valence-corrected chi connectivity index (χ4v) is 1.71. The second-order valence-corrected chi connectivity index (χ2v) is 5.05. The van der Waals surface area contributed by atoms with Crippen LogP contribution in [0.5, 0.6) is 0 Å². The van der Waals surface area contributed by atoms with Crippen molar-refractivity contribution in [2.45, 2.75) is 72.0 Å². The van der Waals surface area contributed by atoms with Crippen LogP contribution in [0.3, 0.4) is 0 Å². The van der Waals surface area contributed by atoms with Crippen LogP contribution >= 0.6 is 0 Å². The van der Waals surface area contributed by atoms with E-state index in [4.69, 9.17) is 9.47 Å². The highest BCUT2D eigenvalue weighted by Crippen LogP contribution is 2.04. The summed E-state index contributed by atoms with van der Waals surface area (Å²) in [5, 5.41) is 0. The first-order valence-electron chi connectivity index (χ1n) is 7.60. The van der Waals surface area contributed by atoms with Crippen molar-refractivity contribution in [1.82, 2.24) is 0 Å². The molecule has 0 aromatic heterocycles. The zero-order chi connectivity index (χ0) is 16.7. The first-order valence-corrected chi connectivity index (χ1v) is 7.60. The molecule has 0 saturated carbocycles. The summed E-state index contributed by atoms with van der Waals surface area (Å²) in [6.45, 7) is 7.28. The zero-order valence-electron chi connectivity index (χ0n) is 14.5. The van der Waals surface area contributed by atoms with E-state index in [2.05, 4.69) is 19.1 Å². The second-order valence-electron chi connectivity index (χ2n) is 5.05. The van der Waals surface area contributed by atoms with Gasteiger partial charge in [0.15, 0.2) is 0 Å². The molecule has 0 aromatic carbocycles. The third-order valence-corrected chi connectivity index (χ3v) is 2.95. The average Bonchev–Trinajstić information content (AvgIpc) is 2.43. The largest absolute Gasteiger partial charge is 0.381 e. The van der Waals surface area contributed by atoms with Gasteiger partial charge in [-0.3, -0.25) is 9.59 Å². The van der Waals surface area contributed by atoms with Gasteiger partial charge < -0.3 is 9.47 Å². The quantitative estimate of drug-likeness (QED) is 0.567. The number of methoxy groups -OCH3 is 2. The monoisotopic (exact) mass is 304 g/mol. The molecule has 0 saturated heterocycles. The number of carbonyl (C=O) groups is 2. The third kappa shape index (κ3) is 16.9. The van der Waals surface area contributed by atoms with Crippen LogP contribution in [0.2, 0.25) is 0 Å². The lowest BCUT2D eigenvalue weighted by atomic mass is 10.1. The van der Waals surface area contributed by atoms with E-state index in [0.717, 1.165) is 19.3 Å². The number of ketones is 2. The van der Waals surface area contributed by atoms with Crippen molar-refractivity contribution < 1.29 is 21.9 Å². The molecule has 0 aromatic rings. The standard InChI is InChI=1S/C10H18O2.C7H14O2.2H2/c1-4-5-6-7-10(12-3)8-9(2)11;1-4-7(9-3)5-6(2)8;;/h5-6,10H,4,7-8H2,1-3H3;7H,4-5H2,1-3H3;2*1H. The summed E-state index contributed by atoms with van der Waals surface area (Å²) in [6.07, 6.45) is 8.20. The van der Waals surface area contributed by atoms with E-state index in [1.165, 1.54) is 0 Å². The Morgan fingerprint density at radius 1 is 0.952 bits per heavy atom. The Hall–Kier alpha value is -1.00. The van der Waals surface area contributed by atoms with Crippen LogP contribution in [0.4, 0.5) is 0 Å². The SMILES string of the molecule is CCC(CC(C)=O)OC.CCC=CCC(CC(C)=O)OC.[HH].[HH]. The molecular formula is C17H36O4. The molecule has 21 heavy (non-hydrogen) atoms. The highest BCUT2D eigenvalue weighted by Gasteiger charge is 2.07. The summed E-state index contributed by atoms with van der Waals surface area (Å²) in [4.78, 5) is 21.2. The maximum Gasteiger partial charge on any atom is 0.132 e. The van der Waals surface area contributed by atoms with Crippen LogP contribution in [-0.2, 0) is 19.1 Å². The number of carbonyl (C=O) groups excluding carboxylic acids is 2. The van der Waals surface area contributed by atoms with Crippen molar-refractivity contribution in [2.24, 2.45) is 0 Å². The first-order chi connectivity index (χ1) is 9.90. The van der Waals surface area contributed by atoms with E-state index < -0.39 is 0 Å². The molecule has 0 spiro atoms. The van der Waals surface area contributed by atoms with Crippen LogP contribution < -0.4 is 0 Å². The molecule has 0 aliphatic heterocycles. The maximum absolute atomic E-state index is 10.7. The fourth-order valence-electron chi connectivity index (χ4n) is 1.71. The zero-order valence-corrected chi connectivity index (χ0v) is 14.5. The lowest BCUT2D eigenvalue weighted by Gasteiger charge is -2.10.